The normalized spacial score (nSPS) is 15.0. The van der Waals surface area contributed by atoms with Crippen molar-refractivity contribution in [3.05, 3.63) is 81.9 Å². The van der Waals surface area contributed by atoms with Crippen molar-refractivity contribution in [3.63, 3.8) is 0 Å². The first-order valence-corrected chi connectivity index (χ1v) is 8.10. The standard InChI is InChI=1S/C21H12O6/c1-11(23)27-21-15-9-5-3-7-13(15)19(25)17(21)16-18(24)12-6-2-4-8-14(12)20(16)26-10-22/h2-10H,1H3. The molecule has 27 heavy (non-hydrogen) atoms. The number of carbonyl (C=O) groups excluding carboxylic acids is 4. The molecule has 2 aliphatic rings. The predicted octanol–water partition coefficient (Wildman–Crippen LogP) is 2.94. The molecular formula is C21H12O6. The number of rotatable bonds is 4. The Bertz CT molecular complexity index is 1100. The monoisotopic (exact) mass is 360 g/mol. The minimum Gasteiger partial charge on any atom is -0.427 e. The molecular weight excluding hydrogens is 348 g/mol. The van der Waals surface area contributed by atoms with Crippen LogP contribution in [0.2, 0.25) is 0 Å². The summed E-state index contributed by atoms with van der Waals surface area (Å²) in [6.07, 6.45) is 0. The average Bonchev–Trinajstić information content (AvgIpc) is 3.08. The molecule has 0 unspecified atom stereocenters. The summed E-state index contributed by atoms with van der Waals surface area (Å²) in [7, 11) is 0. The second kappa shape index (κ2) is 6.17. The molecule has 0 atom stereocenters. The average molecular weight is 360 g/mol. The van der Waals surface area contributed by atoms with Gasteiger partial charge in [0.2, 0.25) is 0 Å². The van der Waals surface area contributed by atoms with E-state index in [9.17, 15) is 19.2 Å². The third-order valence-corrected chi connectivity index (χ3v) is 4.40. The maximum absolute atomic E-state index is 13.0. The van der Waals surface area contributed by atoms with Gasteiger partial charge in [-0.25, -0.2) is 0 Å². The molecule has 0 saturated carbocycles. The molecule has 0 heterocycles. The second-order valence-electron chi connectivity index (χ2n) is 5.97. The van der Waals surface area contributed by atoms with Gasteiger partial charge in [-0.3, -0.25) is 19.2 Å². The maximum Gasteiger partial charge on any atom is 0.308 e. The van der Waals surface area contributed by atoms with Gasteiger partial charge >= 0.3 is 5.97 Å². The van der Waals surface area contributed by atoms with E-state index in [1.807, 2.05) is 0 Å². The number of ether oxygens (including phenoxy) is 2. The predicted molar refractivity (Wildman–Crippen MR) is 94.3 cm³/mol. The molecule has 0 fully saturated rings. The summed E-state index contributed by atoms with van der Waals surface area (Å²) in [5, 5.41) is 0. The lowest BCUT2D eigenvalue weighted by atomic mass is 9.99. The molecule has 6 heteroatoms. The van der Waals surface area contributed by atoms with Crippen LogP contribution in [0.5, 0.6) is 0 Å². The van der Waals surface area contributed by atoms with Crippen molar-refractivity contribution in [2.75, 3.05) is 0 Å². The van der Waals surface area contributed by atoms with E-state index in [-0.39, 0.29) is 29.1 Å². The zero-order valence-corrected chi connectivity index (χ0v) is 14.1. The van der Waals surface area contributed by atoms with Crippen LogP contribution >= 0.6 is 0 Å². The Balaban J connectivity index is 2.01. The number of benzene rings is 2. The molecule has 2 aliphatic carbocycles. The highest BCUT2D eigenvalue weighted by Crippen LogP contribution is 2.44. The molecule has 4 rings (SSSR count). The van der Waals surface area contributed by atoms with Gasteiger partial charge in [-0.1, -0.05) is 48.5 Å². The van der Waals surface area contributed by atoms with Gasteiger partial charge in [0.25, 0.3) is 6.47 Å². The summed E-state index contributed by atoms with van der Waals surface area (Å²) in [5.41, 5.74) is 1.27. The molecule has 0 saturated heterocycles. The first kappa shape index (κ1) is 16.7. The van der Waals surface area contributed by atoms with Gasteiger partial charge < -0.3 is 9.47 Å². The highest BCUT2D eigenvalue weighted by Gasteiger charge is 2.42. The molecule has 0 radical (unpaired) electrons. The molecule has 0 aliphatic heterocycles. The van der Waals surface area contributed by atoms with Crippen LogP contribution in [-0.4, -0.2) is 24.0 Å². The lowest BCUT2D eigenvalue weighted by molar-refractivity contribution is -0.134. The van der Waals surface area contributed by atoms with Crippen LogP contribution in [-0.2, 0) is 19.1 Å². The van der Waals surface area contributed by atoms with E-state index in [0.717, 1.165) is 0 Å². The minimum absolute atomic E-state index is 0.00810. The van der Waals surface area contributed by atoms with Crippen LogP contribution in [0.15, 0.2) is 59.7 Å². The van der Waals surface area contributed by atoms with Gasteiger partial charge in [0.05, 0.1) is 11.1 Å². The summed E-state index contributed by atoms with van der Waals surface area (Å²) in [6.45, 7) is 1.40. The molecule has 0 bridgehead atoms. The number of hydrogen-bond donors (Lipinski definition) is 0. The SMILES string of the molecule is CC(=O)OC1=C(C2=C(OC=O)c3ccccc3C2=O)C(=O)c2ccccc21. The first-order chi connectivity index (χ1) is 13.0. The third kappa shape index (κ3) is 2.42. The fourth-order valence-electron chi connectivity index (χ4n) is 3.38. The zero-order chi connectivity index (χ0) is 19.1. The van der Waals surface area contributed by atoms with Crippen molar-refractivity contribution >= 4 is 35.5 Å². The minimum atomic E-state index is -0.631. The zero-order valence-electron chi connectivity index (χ0n) is 14.1. The fraction of sp³-hybridized carbons (Fsp3) is 0.0476. The number of hydrogen-bond acceptors (Lipinski definition) is 6. The number of esters is 1. The van der Waals surface area contributed by atoms with Gasteiger partial charge in [-0.2, -0.15) is 0 Å². The molecule has 6 nitrogen and oxygen atoms in total. The highest BCUT2D eigenvalue weighted by atomic mass is 16.5. The van der Waals surface area contributed by atoms with E-state index in [1.165, 1.54) is 6.92 Å². The maximum atomic E-state index is 13.0. The quantitative estimate of drug-likeness (QED) is 0.615. The number of ketones is 2. The van der Waals surface area contributed by atoms with E-state index in [0.29, 0.717) is 22.3 Å². The Morgan fingerprint density at radius 2 is 1.22 bits per heavy atom. The summed E-state index contributed by atoms with van der Waals surface area (Å²) in [4.78, 5) is 48.7. The Morgan fingerprint density at radius 1 is 0.778 bits per heavy atom. The molecule has 2 aromatic rings. The van der Waals surface area contributed by atoms with E-state index >= 15 is 0 Å². The number of Topliss-reactive ketones (excluding diaryl/α,β-unsaturated/α-hetero) is 2. The van der Waals surface area contributed by atoms with Crippen molar-refractivity contribution in [1.29, 1.82) is 0 Å². The molecule has 132 valence electrons. The summed E-state index contributed by atoms with van der Waals surface area (Å²) >= 11 is 0. The smallest absolute Gasteiger partial charge is 0.308 e. The Hall–Kier alpha value is -3.80. The van der Waals surface area contributed by atoms with Crippen LogP contribution < -0.4 is 0 Å². The van der Waals surface area contributed by atoms with Crippen LogP contribution in [0.1, 0.15) is 38.8 Å². The number of allylic oxidation sites excluding steroid dienone is 2. The number of fused-ring (bicyclic) bond motifs is 2. The molecule has 0 amide bonds. The summed E-state index contributed by atoms with van der Waals surface area (Å²) in [5.74, 6) is -1.60. The van der Waals surface area contributed by atoms with E-state index in [1.54, 1.807) is 48.5 Å². The fourth-order valence-corrected chi connectivity index (χ4v) is 3.38. The highest BCUT2D eigenvalue weighted by molar-refractivity contribution is 6.34. The number of carbonyl (C=O) groups is 4. The summed E-state index contributed by atoms with van der Waals surface area (Å²) in [6, 6.07) is 13.2. The van der Waals surface area contributed by atoms with Gasteiger partial charge in [0, 0.05) is 29.2 Å². The molecule has 0 spiro atoms. The van der Waals surface area contributed by atoms with Crippen LogP contribution in [0.3, 0.4) is 0 Å². The van der Waals surface area contributed by atoms with Crippen molar-refractivity contribution < 1.29 is 28.7 Å². The van der Waals surface area contributed by atoms with Crippen molar-refractivity contribution in [2.45, 2.75) is 6.92 Å². The molecule has 0 aromatic heterocycles. The lowest BCUT2D eigenvalue weighted by Crippen LogP contribution is -2.10. The molecule has 0 N–H and O–H groups in total. The van der Waals surface area contributed by atoms with Crippen molar-refractivity contribution in [1.82, 2.24) is 0 Å². The van der Waals surface area contributed by atoms with Crippen molar-refractivity contribution in [3.8, 4) is 0 Å². The van der Waals surface area contributed by atoms with Crippen LogP contribution in [0, 0.1) is 0 Å². The van der Waals surface area contributed by atoms with E-state index in [4.69, 9.17) is 9.47 Å². The van der Waals surface area contributed by atoms with Gasteiger partial charge in [-0.15, -0.1) is 0 Å². The van der Waals surface area contributed by atoms with Gasteiger partial charge in [0.15, 0.2) is 23.1 Å². The Morgan fingerprint density at radius 3 is 1.70 bits per heavy atom. The lowest BCUT2D eigenvalue weighted by Gasteiger charge is -2.09. The van der Waals surface area contributed by atoms with Gasteiger partial charge in [-0.05, 0) is 0 Å². The topological polar surface area (TPSA) is 86.7 Å². The second-order valence-corrected chi connectivity index (χ2v) is 5.97. The largest absolute Gasteiger partial charge is 0.427 e. The first-order valence-electron chi connectivity index (χ1n) is 8.10. The van der Waals surface area contributed by atoms with Gasteiger partial charge in [0.1, 0.15) is 0 Å². The van der Waals surface area contributed by atoms with E-state index < -0.39 is 17.5 Å². The molecule has 2 aromatic carbocycles. The third-order valence-electron chi connectivity index (χ3n) is 4.40. The van der Waals surface area contributed by atoms with Crippen molar-refractivity contribution in [2.24, 2.45) is 0 Å². The van der Waals surface area contributed by atoms with Crippen LogP contribution in [0.4, 0.5) is 0 Å². The summed E-state index contributed by atoms with van der Waals surface area (Å²) < 4.78 is 10.4. The van der Waals surface area contributed by atoms with Crippen LogP contribution in [0.25, 0.3) is 11.5 Å². The Kier molecular flexibility index (Phi) is 3.81. The van der Waals surface area contributed by atoms with E-state index in [2.05, 4.69) is 0 Å². The Labute approximate surface area is 153 Å².